The van der Waals surface area contributed by atoms with Gasteiger partial charge in [-0.25, -0.2) is 9.59 Å². The van der Waals surface area contributed by atoms with Crippen molar-refractivity contribution in [3.63, 3.8) is 0 Å². The van der Waals surface area contributed by atoms with Gasteiger partial charge in [0.1, 0.15) is 11.6 Å². The van der Waals surface area contributed by atoms with Gasteiger partial charge in [0.2, 0.25) is 11.8 Å². The predicted molar refractivity (Wildman–Crippen MR) is 156 cm³/mol. The van der Waals surface area contributed by atoms with Crippen molar-refractivity contribution in [3.8, 4) is 0 Å². The molecule has 0 radical (unpaired) electrons. The first-order valence-electron chi connectivity index (χ1n) is 14.7. The second kappa shape index (κ2) is 13.2. The average Bonchev–Trinajstić information content (AvgIpc) is 3.13. The molecule has 226 valence electrons. The molecule has 2 heterocycles. The van der Waals surface area contributed by atoms with Gasteiger partial charge in [-0.2, -0.15) is 0 Å². The highest BCUT2D eigenvalue weighted by Gasteiger charge is 2.31. The molecular formula is C30H45N5O6. The molecule has 0 bridgehead atoms. The van der Waals surface area contributed by atoms with Crippen molar-refractivity contribution in [1.29, 1.82) is 0 Å². The van der Waals surface area contributed by atoms with Crippen LogP contribution in [0.2, 0.25) is 0 Å². The Morgan fingerprint density at radius 1 is 1.07 bits per heavy atom. The highest BCUT2D eigenvalue weighted by Crippen LogP contribution is 2.26. The van der Waals surface area contributed by atoms with E-state index in [4.69, 9.17) is 9.47 Å². The number of benzene rings is 1. The summed E-state index contributed by atoms with van der Waals surface area (Å²) in [4.78, 5) is 51.2. The third kappa shape index (κ3) is 8.19. The highest BCUT2D eigenvalue weighted by molar-refractivity contribution is 6.00. The zero-order chi connectivity index (χ0) is 29.7. The van der Waals surface area contributed by atoms with Gasteiger partial charge in [0.25, 0.3) is 0 Å². The van der Waals surface area contributed by atoms with Crippen molar-refractivity contribution in [2.45, 2.75) is 83.4 Å². The van der Waals surface area contributed by atoms with Crippen molar-refractivity contribution in [2.75, 3.05) is 33.4 Å². The maximum absolute atomic E-state index is 12.9. The lowest BCUT2D eigenvalue weighted by Crippen LogP contribution is -2.44. The number of amides is 3. The van der Waals surface area contributed by atoms with E-state index < -0.39 is 17.6 Å². The van der Waals surface area contributed by atoms with E-state index >= 15 is 0 Å². The molecule has 1 saturated heterocycles. The molecule has 2 N–H and O–H groups in total. The SMILES string of the molecule is CN(CCOCCc1ccc2c(c1)n(C)c(=O)n2C1CCC(=O)NC1=O)CC1CCC(NC(=O)OC(C)(C)C)CC1. The van der Waals surface area contributed by atoms with E-state index in [0.29, 0.717) is 37.5 Å². The summed E-state index contributed by atoms with van der Waals surface area (Å²) in [6.07, 6.45) is 5.04. The molecule has 0 spiro atoms. The maximum atomic E-state index is 12.9. The van der Waals surface area contributed by atoms with E-state index in [0.717, 1.165) is 49.9 Å². The number of nitrogens with one attached hydrogen (secondary N) is 2. The van der Waals surface area contributed by atoms with E-state index in [-0.39, 0.29) is 30.2 Å². The molecule has 4 rings (SSSR count). The molecule has 2 aromatic rings. The summed E-state index contributed by atoms with van der Waals surface area (Å²) in [7, 11) is 3.82. The summed E-state index contributed by atoms with van der Waals surface area (Å²) < 4.78 is 14.4. The van der Waals surface area contributed by atoms with E-state index in [1.807, 2.05) is 39.0 Å². The fourth-order valence-corrected chi connectivity index (χ4v) is 5.80. The fraction of sp³-hybridized carbons (Fsp3) is 0.667. The van der Waals surface area contributed by atoms with Crippen LogP contribution in [0.25, 0.3) is 11.0 Å². The molecule has 11 heteroatoms. The normalized spacial score (nSPS) is 21.8. The van der Waals surface area contributed by atoms with Crippen LogP contribution in [0.5, 0.6) is 0 Å². The van der Waals surface area contributed by atoms with E-state index in [2.05, 4.69) is 22.6 Å². The number of imidazole rings is 1. The summed E-state index contributed by atoms with van der Waals surface area (Å²) in [5.41, 5.74) is 1.75. The van der Waals surface area contributed by atoms with Crippen molar-refractivity contribution in [3.05, 3.63) is 34.2 Å². The topological polar surface area (TPSA) is 124 Å². The first kappa shape index (κ1) is 30.8. The van der Waals surface area contributed by atoms with Gasteiger partial charge in [-0.05, 0) is 90.0 Å². The highest BCUT2D eigenvalue weighted by atomic mass is 16.6. The average molecular weight is 572 g/mol. The first-order chi connectivity index (χ1) is 19.4. The van der Waals surface area contributed by atoms with Gasteiger partial charge in [-0.3, -0.25) is 24.0 Å². The zero-order valence-electron chi connectivity index (χ0n) is 25.0. The van der Waals surface area contributed by atoms with Crippen LogP contribution < -0.4 is 16.3 Å². The number of aromatic nitrogens is 2. The number of rotatable bonds is 10. The molecular weight excluding hydrogens is 526 g/mol. The van der Waals surface area contributed by atoms with Gasteiger partial charge in [0.05, 0.1) is 24.2 Å². The number of likely N-dealkylation sites (N-methyl/N-ethyl adjacent to an activating group) is 1. The summed E-state index contributed by atoms with van der Waals surface area (Å²) in [6.45, 7) is 8.69. The lowest BCUT2D eigenvalue weighted by atomic mass is 9.86. The molecule has 1 atom stereocenters. The van der Waals surface area contributed by atoms with Gasteiger partial charge < -0.3 is 19.7 Å². The van der Waals surface area contributed by atoms with Crippen molar-refractivity contribution in [1.82, 2.24) is 24.7 Å². The Morgan fingerprint density at radius 2 is 1.80 bits per heavy atom. The molecule has 1 aliphatic carbocycles. The Balaban J connectivity index is 1.17. The molecule has 11 nitrogen and oxygen atoms in total. The largest absolute Gasteiger partial charge is 0.444 e. The first-order valence-corrected chi connectivity index (χ1v) is 14.7. The Morgan fingerprint density at radius 3 is 2.49 bits per heavy atom. The van der Waals surface area contributed by atoms with Crippen LogP contribution in [-0.2, 0) is 32.5 Å². The predicted octanol–water partition coefficient (Wildman–Crippen LogP) is 2.89. The van der Waals surface area contributed by atoms with Crippen molar-refractivity contribution in [2.24, 2.45) is 13.0 Å². The Bertz CT molecular complexity index is 1300. The van der Waals surface area contributed by atoms with Gasteiger partial charge in [0, 0.05) is 32.6 Å². The maximum Gasteiger partial charge on any atom is 0.407 e. The molecule has 2 fully saturated rings. The van der Waals surface area contributed by atoms with Crippen LogP contribution in [0.4, 0.5) is 4.79 Å². The minimum Gasteiger partial charge on any atom is -0.444 e. The van der Waals surface area contributed by atoms with Crippen LogP contribution in [0, 0.1) is 5.92 Å². The Kier molecular flexibility index (Phi) is 9.91. The minimum absolute atomic E-state index is 0.187. The number of fused-ring (bicyclic) bond motifs is 1. The van der Waals surface area contributed by atoms with Gasteiger partial charge in [-0.1, -0.05) is 6.07 Å². The summed E-state index contributed by atoms with van der Waals surface area (Å²) in [6, 6.07) is 5.32. The van der Waals surface area contributed by atoms with Crippen LogP contribution >= 0.6 is 0 Å². The van der Waals surface area contributed by atoms with Crippen molar-refractivity contribution >= 4 is 28.9 Å². The number of alkyl carbamates (subject to hydrolysis) is 1. The molecule has 1 aromatic carbocycles. The standard InChI is InChI=1S/C30H45N5O6/c1-30(2,3)41-28(38)31-22-9-6-21(7-10-22)19-33(4)15-17-40-16-14-20-8-11-23-25(18-20)34(5)29(39)35(23)24-12-13-26(36)32-27(24)37/h8,11,18,21-22,24H,6-7,9-10,12-17,19H2,1-5H3,(H,31,38)(H,32,36,37). The second-order valence-corrected chi connectivity index (χ2v) is 12.5. The smallest absolute Gasteiger partial charge is 0.407 e. The van der Waals surface area contributed by atoms with E-state index in [9.17, 15) is 19.2 Å². The zero-order valence-corrected chi connectivity index (χ0v) is 25.0. The number of imide groups is 1. The van der Waals surface area contributed by atoms with E-state index in [1.54, 1.807) is 11.6 Å². The van der Waals surface area contributed by atoms with Crippen molar-refractivity contribution < 1.29 is 23.9 Å². The molecule has 1 saturated carbocycles. The van der Waals surface area contributed by atoms with Gasteiger partial charge in [-0.15, -0.1) is 0 Å². The third-order valence-corrected chi connectivity index (χ3v) is 7.97. The van der Waals surface area contributed by atoms with Crippen LogP contribution in [0.1, 0.15) is 70.9 Å². The lowest BCUT2D eigenvalue weighted by molar-refractivity contribution is -0.135. The monoisotopic (exact) mass is 571 g/mol. The number of ether oxygens (including phenoxy) is 2. The van der Waals surface area contributed by atoms with Crippen LogP contribution in [0.3, 0.4) is 0 Å². The molecule has 1 unspecified atom stereocenters. The van der Waals surface area contributed by atoms with E-state index in [1.165, 1.54) is 4.57 Å². The third-order valence-electron chi connectivity index (χ3n) is 7.97. The number of carbonyl (C=O) groups excluding carboxylic acids is 3. The summed E-state index contributed by atoms with van der Waals surface area (Å²) >= 11 is 0. The molecule has 1 aromatic heterocycles. The van der Waals surface area contributed by atoms with Gasteiger partial charge >= 0.3 is 11.8 Å². The Hall–Kier alpha value is -3.18. The number of hydrogen-bond donors (Lipinski definition) is 2. The summed E-state index contributed by atoms with van der Waals surface area (Å²) in [5, 5.41) is 5.35. The lowest BCUT2D eigenvalue weighted by Gasteiger charge is -2.32. The second-order valence-electron chi connectivity index (χ2n) is 12.5. The van der Waals surface area contributed by atoms with Crippen LogP contribution in [-0.4, -0.2) is 76.9 Å². The molecule has 3 amide bonds. The molecule has 1 aliphatic heterocycles. The number of hydrogen-bond acceptors (Lipinski definition) is 7. The van der Waals surface area contributed by atoms with Gasteiger partial charge in [0.15, 0.2) is 0 Å². The number of carbonyl (C=O) groups is 3. The van der Waals surface area contributed by atoms with Crippen LogP contribution in [0.15, 0.2) is 23.0 Å². The molecule has 2 aliphatic rings. The molecule has 41 heavy (non-hydrogen) atoms. The minimum atomic E-state index is -0.681. The summed E-state index contributed by atoms with van der Waals surface area (Å²) in [5.74, 6) is -0.117. The fourth-order valence-electron chi connectivity index (χ4n) is 5.80. The Labute approximate surface area is 241 Å². The quantitative estimate of drug-likeness (QED) is 0.332. The number of aryl methyl sites for hydroxylation is 1. The number of nitrogens with zero attached hydrogens (tertiary/aromatic N) is 3. The number of piperidine rings is 1.